The SMILES string of the molecule is NC(=O)Nc1cc(C(F)(F)F)ccc1Br. The van der Waals surface area contributed by atoms with Gasteiger partial charge < -0.3 is 11.1 Å². The molecule has 0 heterocycles. The lowest BCUT2D eigenvalue weighted by Crippen LogP contribution is -2.20. The molecule has 1 aromatic rings. The molecule has 0 aromatic heterocycles. The van der Waals surface area contributed by atoms with Gasteiger partial charge in [0.15, 0.2) is 0 Å². The molecule has 7 heteroatoms. The number of urea groups is 1. The summed E-state index contributed by atoms with van der Waals surface area (Å²) in [5, 5.41) is 2.08. The number of alkyl halides is 3. The van der Waals surface area contributed by atoms with Crippen molar-refractivity contribution < 1.29 is 18.0 Å². The van der Waals surface area contributed by atoms with E-state index in [-0.39, 0.29) is 5.69 Å². The Bertz CT molecular complexity index is 392. The highest BCUT2D eigenvalue weighted by Gasteiger charge is 2.30. The molecule has 3 N–H and O–H groups in total. The lowest BCUT2D eigenvalue weighted by molar-refractivity contribution is -0.137. The molecule has 0 atom stereocenters. The van der Waals surface area contributed by atoms with Crippen LogP contribution in [-0.2, 0) is 6.18 Å². The fourth-order valence-electron chi connectivity index (χ4n) is 0.930. The van der Waals surface area contributed by atoms with Gasteiger partial charge in [-0.3, -0.25) is 0 Å². The average Bonchev–Trinajstić information content (AvgIpc) is 2.06. The van der Waals surface area contributed by atoms with Crippen molar-refractivity contribution >= 4 is 27.6 Å². The Morgan fingerprint density at radius 1 is 1.40 bits per heavy atom. The van der Waals surface area contributed by atoms with Gasteiger partial charge in [0.2, 0.25) is 0 Å². The number of amides is 2. The molecular weight excluding hydrogens is 277 g/mol. The minimum absolute atomic E-state index is 0.0164. The van der Waals surface area contributed by atoms with Crippen molar-refractivity contribution in [3.63, 3.8) is 0 Å². The minimum atomic E-state index is -4.45. The third-order valence-electron chi connectivity index (χ3n) is 1.55. The van der Waals surface area contributed by atoms with E-state index >= 15 is 0 Å². The van der Waals surface area contributed by atoms with E-state index in [9.17, 15) is 18.0 Å². The molecule has 0 unspecified atom stereocenters. The van der Waals surface area contributed by atoms with Gasteiger partial charge in [-0.2, -0.15) is 13.2 Å². The summed E-state index contributed by atoms with van der Waals surface area (Å²) in [6.07, 6.45) is -4.45. The highest BCUT2D eigenvalue weighted by atomic mass is 79.9. The largest absolute Gasteiger partial charge is 0.416 e. The number of anilines is 1. The van der Waals surface area contributed by atoms with Gasteiger partial charge in [-0.15, -0.1) is 0 Å². The summed E-state index contributed by atoms with van der Waals surface area (Å²) in [6, 6.07) is 1.97. The van der Waals surface area contributed by atoms with Gasteiger partial charge in [0.1, 0.15) is 0 Å². The zero-order valence-corrected chi connectivity index (χ0v) is 8.82. The van der Waals surface area contributed by atoms with Crippen LogP contribution in [0.4, 0.5) is 23.7 Å². The van der Waals surface area contributed by atoms with E-state index in [0.717, 1.165) is 12.1 Å². The van der Waals surface area contributed by atoms with Gasteiger partial charge in [-0.25, -0.2) is 4.79 Å². The number of benzene rings is 1. The normalized spacial score (nSPS) is 11.2. The molecule has 0 bridgehead atoms. The molecule has 1 rings (SSSR count). The number of carbonyl (C=O) groups excluding carboxylic acids is 1. The molecule has 0 fully saturated rings. The van der Waals surface area contributed by atoms with Crippen LogP contribution in [0, 0.1) is 0 Å². The summed E-state index contributed by atoms with van der Waals surface area (Å²) >= 11 is 2.99. The zero-order chi connectivity index (χ0) is 11.6. The molecule has 0 aliphatic rings. The Balaban J connectivity index is 3.11. The second-order valence-corrected chi connectivity index (χ2v) is 3.54. The van der Waals surface area contributed by atoms with E-state index in [0.29, 0.717) is 4.47 Å². The number of hydrogen-bond donors (Lipinski definition) is 2. The van der Waals surface area contributed by atoms with Gasteiger partial charge >= 0.3 is 12.2 Å². The molecule has 0 saturated heterocycles. The average molecular weight is 283 g/mol. The van der Waals surface area contributed by atoms with E-state index in [4.69, 9.17) is 5.73 Å². The van der Waals surface area contributed by atoms with Crippen LogP contribution in [0.1, 0.15) is 5.56 Å². The number of primary amides is 1. The van der Waals surface area contributed by atoms with E-state index in [2.05, 4.69) is 21.2 Å². The quantitative estimate of drug-likeness (QED) is 0.818. The summed E-state index contributed by atoms with van der Waals surface area (Å²) in [5.41, 5.74) is 3.93. The summed E-state index contributed by atoms with van der Waals surface area (Å²) < 4.78 is 37.2. The van der Waals surface area contributed by atoms with Gasteiger partial charge in [-0.05, 0) is 34.1 Å². The van der Waals surface area contributed by atoms with E-state index in [1.165, 1.54) is 6.07 Å². The molecule has 15 heavy (non-hydrogen) atoms. The molecule has 3 nitrogen and oxygen atoms in total. The maximum Gasteiger partial charge on any atom is 0.416 e. The topological polar surface area (TPSA) is 55.1 Å². The Kier molecular flexibility index (Phi) is 3.23. The van der Waals surface area contributed by atoms with Crippen LogP contribution >= 0.6 is 15.9 Å². The number of rotatable bonds is 1. The fourth-order valence-corrected chi connectivity index (χ4v) is 1.28. The Labute approximate surface area is 91.6 Å². The lowest BCUT2D eigenvalue weighted by atomic mass is 10.2. The molecule has 0 spiro atoms. The van der Waals surface area contributed by atoms with Crippen molar-refractivity contribution in [3.8, 4) is 0 Å². The highest BCUT2D eigenvalue weighted by molar-refractivity contribution is 9.10. The van der Waals surface area contributed by atoms with E-state index in [1.807, 2.05) is 0 Å². The first-order valence-corrected chi connectivity index (χ1v) is 4.53. The summed E-state index contributed by atoms with van der Waals surface area (Å²) in [5.74, 6) is 0. The van der Waals surface area contributed by atoms with Gasteiger partial charge in [0.25, 0.3) is 0 Å². The third kappa shape index (κ3) is 3.12. The van der Waals surface area contributed by atoms with Crippen molar-refractivity contribution in [1.82, 2.24) is 0 Å². The van der Waals surface area contributed by atoms with Crippen LogP contribution in [0.5, 0.6) is 0 Å². The molecule has 1 aromatic carbocycles. The first kappa shape index (κ1) is 11.8. The third-order valence-corrected chi connectivity index (χ3v) is 2.24. The smallest absolute Gasteiger partial charge is 0.351 e. The summed E-state index contributed by atoms with van der Waals surface area (Å²) in [6.45, 7) is 0. The van der Waals surface area contributed by atoms with Crippen LogP contribution < -0.4 is 11.1 Å². The van der Waals surface area contributed by atoms with Crippen molar-refractivity contribution in [1.29, 1.82) is 0 Å². The molecule has 0 saturated carbocycles. The van der Waals surface area contributed by atoms with E-state index < -0.39 is 17.8 Å². The van der Waals surface area contributed by atoms with Gasteiger partial charge in [0.05, 0.1) is 11.3 Å². The summed E-state index contributed by atoms with van der Waals surface area (Å²) in [4.78, 5) is 10.5. The zero-order valence-electron chi connectivity index (χ0n) is 7.23. The fraction of sp³-hybridized carbons (Fsp3) is 0.125. The molecule has 82 valence electrons. The number of carbonyl (C=O) groups is 1. The first-order valence-electron chi connectivity index (χ1n) is 3.74. The Hall–Kier alpha value is -1.24. The molecule has 0 aliphatic heterocycles. The van der Waals surface area contributed by atoms with Gasteiger partial charge in [0, 0.05) is 4.47 Å². The highest BCUT2D eigenvalue weighted by Crippen LogP contribution is 2.33. The second-order valence-electron chi connectivity index (χ2n) is 2.68. The Morgan fingerprint density at radius 2 is 2.00 bits per heavy atom. The lowest BCUT2D eigenvalue weighted by Gasteiger charge is -2.10. The van der Waals surface area contributed by atoms with Crippen LogP contribution in [0.15, 0.2) is 22.7 Å². The van der Waals surface area contributed by atoms with Gasteiger partial charge in [-0.1, -0.05) is 0 Å². The predicted octanol–water partition coefficient (Wildman–Crippen LogP) is 2.96. The number of hydrogen-bond acceptors (Lipinski definition) is 1. The van der Waals surface area contributed by atoms with Crippen LogP contribution in [-0.4, -0.2) is 6.03 Å². The van der Waals surface area contributed by atoms with Crippen molar-refractivity contribution in [2.75, 3.05) is 5.32 Å². The molecule has 0 aliphatic carbocycles. The predicted molar refractivity (Wildman–Crippen MR) is 52.4 cm³/mol. The van der Waals surface area contributed by atoms with Crippen LogP contribution in [0.3, 0.4) is 0 Å². The van der Waals surface area contributed by atoms with Crippen molar-refractivity contribution in [2.24, 2.45) is 5.73 Å². The minimum Gasteiger partial charge on any atom is -0.351 e. The van der Waals surface area contributed by atoms with Crippen molar-refractivity contribution in [3.05, 3.63) is 28.2 Å². The Morgan fingerprint density at radius 3 is 2.47 bits per heavy atom. The first-order chi connectivity index (χ1) is 6.80. The van der Waals surface area contributed by atoms with Crippen LogP contribution in [0.2, 0.25) is 0 Å². The molecule has 2 amide bonds. The monoisotopic (exact) mass is 282 g/mol. The maximum absolute atomic E-state index is 12.3. The van der Waals surface area contributed by atoms with Crippen LogP contribution in [0.25, 0.3) is 0 Å². The van der Waals surface area contributed by atoms with Crippen molar-refractivity contribution in [2.45, 2.75) is 6.18 Å². The molecular formula is C8H6BrF3N2O. The number of nitrogens with one attached hydrogen (secondary N) is 1. The standard InChI is InChI=1S/C8H6BrF3N2O/c9-5-2-1-4(8(10,11)12)3-6(5)14-7(13)15/h1-3H,(H3,13,14,15). The molecule has 0 radical (unpaired) electrons. The maximum atomic E-state index is 12.3. The summed E-state index contributed by atoms with van der Waals surface area (Å²) in [7, 11) is 0. The number of halogens is 4. The van der Waals surface area contributed by atoms with E-state index in [1.54, 1.807) is 0 Å². The number of nitrogens with two attached hydrogens (primary N) is 1. The second kappa shape index (κ2) is 4.09.